The fraction of sp³-hybridized carbons (Fsp3) is 0.150. The van der Waals surface area contributed by atoms with E-state index in [2.05, 4.69) is 53.8 Å². The zero-order valence-corrected chi connectivity index (χ0v) is 14.9. The number of hydrogen-bond acceptors (Lipinski definition) is 2. The fourth-order valence-electron chi connectivity index (χ4n) is 2.44. The van der Waals surface area contributed by atoms with Crippen molar-refractivity contribution in [2.24, 2.45) is 0 Å². The minimum absolute atomic E-state index is 0.787. The maximum atomic E-state index is 10.6. The molecular formula is C20H17ClF3NO2. The molecule has 0 aliphatic heterocycles. The van der Waals surface area contributed by atoms with Gasteiger partial charge >= 0.3 is 12.1 Å². The summed E-state index contributed by atoms with van der Waals surface area (Å²) in [4.78, 5) is 8.90. The lowest BCUT2D eigenvalue weighted by Crippen LogP contribution is -2.21. The van der Waals surface area contributed by atoms with Crippen LogP contribution in [0.4, 0.5) is 13.2 Å². The van der Waals surface area contributed by atoms with Crippen LogP contribution < -0.4 is 5.32 Å². The lowest BCUT2D eigenvalue weighted by Gasteiger charge is -2.08. The molecule has 0 amide bonds. The van der Waals surface area contributed by atoms with E-state index in [0.29, 0.717) is 0 Å². The second-order valence-corrected chi connectivity index (χ2v) is 6.11. The normalized spacial score (nSPS) is 11.0. The topological polar surface area (TPSA) is 49.3 Å². The molecule has 0 saturated carbocycles. The fourth-order valence-corrected chi connectivity index (χ4v) is 2.65. The van der Waals surface area contributed by atoms with Crippen molar-refractivity contribution in [3.8, 4) is 0 Å². The standard InChI is InChI=1S/C18H16ClN.C2HF3O2/c19-17-9-3-5-14(11-17)12-20-13-16-8-4-7-15-6-1-2-10-18(15)16;3-2(4,5)1(6)7/h1-11,20H,12-13H2;(H,6,7). The van der Waals surface area contributed by atoms with E-state index in [0.717, 1.165) is 18.1 Å². The SMILES string of the molecule is Clc1cccc(CNCc2cccc3ccccc23)c1.O=C(O)C(F)(F)F. The summed E-state index contributed by atoms with van der Waals surface area (Å²) >= 11 is 5.99. The third-order valence-electron chi connectivity index (χ3n) is 3.66. The first-order valence-electron chi connectivity index (χ1n) is 7.99. The van der Waals surface area contributed by atoms with E-state index >= 15 is 0 Å². The van der Waals surface area contributed by atoms with Crippen molar-refractivity contribution in [2.45, 2.75) is 19.3 Å². The van der Waals surface area contributed by atoms with Crippen molar-refractivity contribution in [3.63, 3.8) is 0 Å². The lowest BCUT2D eigenvalue weighted by molar-refractivity contribution is -0.192. The highest BCUT2D eigenvalue weighted by Crippen LogP contribution is 2.18. The number of hydrogen-bond donors (Lipinski definition) is 2. The van der Waals surface area contributed by atoms with E-state index in [9.17, 15) is 13.2 Å². The molecule has 2 N–H and O–H groups in total. The Labute approximate surface area is 159 Å². The molecule has 7 heteroatoms. The largest absolute Gasteiger partial charge is 0.490 e. The minimum atomic E-state index is -5.08. The van der Waals surface area contributed by atoms with Crippen LogP contribution in [0.25, 0.3) is 10.8 Å². The molecule has 3 aromatic rings. The number of aliphatic carboxylic acids is 1. The van der Waals surface area contributed by atoms with Crippen molar-refractivity contribution in [1.82, 2.24) is 5.32 Å². The molecule has 0 aliphatic carbocycles. The van der Waals surface area contributed by atoms with E-state index in [1.165, 1.54) is 21.9 Å². The molecule has 0 aliphatic rings. The van der Waals surface area contributed by atoms with E-state index in [4.69, 9.17) is 21.5 Å². The number of carboxylic acids is 1. The van der Waals surface area contributed by atoms with Gasteiger partial charge in [0.05, 0.1) is 0 Å². The molecule has 0 unspecified atom stereocenters. The highest BCUT2D eigenvalue weighted by molar-refractivity contribution is 6.30. The number of rotatable bonds is 4. The maximum absolute atomic E-state index is 10.6. The number of nitrogens with one attached hydrogen (secondary N) is 1. The summed E-state index contributed by atoms with van der Waals surface area (Å²) in [6, 6.07) is 22.9. The van der Waals surface area contributed by atoms with E-state index in [1.54, 1.807) is 0 Å². The van der Waals surface area contributed by atoms with Gasteiger partial charge in [-0.3, -0.25) is 0 Å². The summed E-state index contributed by atoms with van der Waals surface area (Å²) in [6.45, 7) is 1.68. The van der Waals surface area contributed by atoms with Gasteiger partial charge in [-0.05, 0) is 34.0 Å². The molecule has 3 nitrogen and oxygen atoms in total. The average Bonchev–Trinajstić information content (AvgIpc) is 2.62. The Morgan fingerprint density at radius 1 is 0.963 bits per heavy atom. The van der Waals surface area contributed by atoms with Crippen LogP contribution in [0.2, 0.25) is 5.02 Å². The van der Waals surface area contributed by atoms with Gasteiger partial charge in [0.2, 0.25) is 0 Å². The van der Waals surface area contributed by atoms with Gasteiger partial charge < -0.3 is 10.4 Å². The number of benzene rings is 3. The monoisotopic (exact) mass is 395 g/mol. The van der Waals surface area contributed by atoms with Gasteiger partial charge in [0.15, 0.2) is 0 Å². The van der Waals surface area contributed by atoms with Crippen LogP contribution in [0.5, 0.6) is 0 Å². The first-order chi connectivity index (χ1) is 12.8. The summed E-state index contributed by atoms with van der Waals surface area (Å²) in [5.41, 5.74) is 2.53. The molecule has 27 heavy (non-hydrogen) atoms. The molecule has 0 bridgehead atoms. The second kappa shape index (κ2) is 9.39. The third-order valence-corrected chi connectivity index (χ3v) is 3.89. The summed E-state index contributed by atoms with van der Waals surface area (Å²) in [6.07, 6.45) is -5.08. The second-order valence-electron chi connectivity index (χ2n) is 5.67. The zero-order valence-electron chi connectivity index (χ0n) is 14.1. The molecular weight excluding hydrogens is 379 g/mol. The predicted octanol–water partition coefficient (Wildman–Crippen LogP) is 5.42. The lowest BCUT2D eigenvalue weighted by atomic mass is 10.0. The molecule has 142 valence electrons. The van der Waals surface area contributed by atoms with Gasteiger partial charge in [0.25, 0.3) is 0 Å². The number of halogens is 4. The van der Waals surface area contributed by atoms with E-state index < -0.39 is 12.1 Å². The molecule has 0 saturated heterocycles. The van der Waals surface area contributed by atoms with Crippen LogP contribution in [0.15, 0.2) is 66.7 Å². The van der Waals surface area contributed by atoms with Crippen LogP contribution in [0.3, 0.4) is 0 Å². The Bertz CT molecular complexity index is 908. The van der Waals surface area contributed by atoms with Crippen molar-refractivity contribution >= 4 is 28.3 Å². The van der Waals surface area contributed by atoms with Crippen LogP contribution in [-0.4, -0.2) is 17.3 Å². The Morgan fingerprint density at radius 3 is 2.26 bits per heavy atom. The molecule has 0 spiro atoms. The number of carboxylic acid groups (broad SMARTS) is 1. The molecule has 0 atom stereocenters. The highest BCUT2D eigenvalue weighted by Gasteiger charge is 2.38. The van der Waals surface area contributed by atoms with Gasteiger partial charge in [0, 0.05) is 18.1 Å². The van der Waals surface area contributed by atoms with Gasteiger partial charge in [0.1, 0.15) is 0 Å². The Morgan fingerprint density at radius 2 is 1.59 bits per heavy atom. The molecule has 0 aromatic heterocycles. The molecule has 0 fully saturated rings. The zero-order chi connectivity index (χ0) is 19.9. The summed E-state index contributed by atoms with van der Waals surface area (Å²) in [5.74, 6) is -2.76. The summed E-state index contributed by atoms with van der Waals surface area (Å²) in [5, 5.41) is 14.0. The summed E-state index contributed by atoms with van der Waals surface area (Å²) < 4.78 is 31.7. The van der Waals surface area contributed by atoms with Gasteiger partial charge in [-0.15, -0.1) is 0 Å². The van der Waals surface area contributed by atoms with Gasteiger partial charge in [-0.25, -0.2) is 4.79 Å². The van der Waals surface area contributed by atoms with Crippen LogP contribution in [-0.2, 0) is 17.9 Å². The maximum Gasteiger partial charge on any atom is 0.490 e. The Hall–Kier alpha value is -2.57. The first kappa shape index (κ1) is 20.7. The number of carbonyl (C=O) groups is 1. The number of alkyl halides is 3. The Kier molecular flexibility index (Phi) is 7.21. The number of fused-ring (bicyclic) bond motifs is 1. The molecule has 3 rings (SSSR count). The van der Waals surface area contributed by atoms with Crippen molar-refractivity contribution in [1.29, 1.82) is 0 Å². The highest BCUT2D eigenvalue weighted by atomic mass is 35.5. The Balaban J connectivity index is 0.000000321. The van der Waals surface area contributed by atoms with Gasteiger partial charge in [-0.1, -0.05) is 66.2 Å². The van der Waals surface area contributed by atoms with E-state index in [1.807, 2.05) is 18.2 Å². The van der Waals surface area contributed by atoms with E-state index in [-0.39, 0.29) is 0 Å². The minimum Gasteiger partial charge on any atom is -0.475 e. The van der Waals surface area contributed by atoms with Crippen LogP contribution >= 0.6 is 11.6 Å². The van der Waals surface area contributed by atoms with Crippen LogP contribution in [0, 0.1) is 0 Å². The quantitative estimate of drug-likeness (QED) is 0.620. The average molecular weight is 396 g/mol. The van der Waals surface area contributed by atoms with Crippen LogP contribution in [0.1, 0.15) is 11.1 Å². The molecule has 0 heterocycles. The summed E-state index contributed by atoms with van der Waals surface area (Å²) in [7, 11) is 0. The van der Waals surface area contributed by atoms with Crippen molar-refractivity contribution in [2.75, 3.05) is 0 Å². The van der Waals surface area contributed by atoms with Crippen molar-refractivity contribution in [3.05, 3.63) is 82.9 Å². The first-order valence-corrected chi connectivity index (χ1v) is 8.37. The predicted molar refractivity (Wildman–Crippen MR) is 99.6 cm³/mol. The van der Waals surface area contributed by atoms with Gasteiger partial charge in [-0.2, -0.15) is 13.2 Å². The smallest absolute Gasteiger partial charge is 0.475 e. The molecule has 0 radical (unpaired) electrons. The third kappa shape index (κ3) is 6.58. The van der Waals surface area contributed by atoms with Crippen molar-refractivity contribution < 1.29 is 23.1 Å². The molecule has 3 aromatic carbocycles.